The third kappa shape index (κ3) is 4.45. The van der Waals surface area contributed by atoms with Crippen LogP contribution < -0.4 is 4.74 Å². The monoisotopic (exact) mass is 664 g/mol. The van der Waals surface area contributed by atoms with E-state index in [-0.39, 0.29) is 0 Å². The summed E-state index contributed by atoms with van der Waals surface area (Å²) in [7, 11) is 0. The highest BCUT2D eigenvalue weighted by Gasteiger charge is 2.51. The SMILES string of the molecule is N#Cc1cccc2c1-c1cc(-c3ccc(-c4nc(-c5ccccc5)nc(-c5ccccc5)n4)cc3)ccc1C21c2ccccc2Oc2ccccc21. The van der Waals surface area contributed by atoms with Crippen molar-refractivity contribution >= 4 is 0 Å². The Morgan fingerprint density at radius 1 is 0.423 bits per heavy atom. The second-order valence-electron chi connectivity index (χ2n) is 13.1. The summed E-state index contributed by atoms with van der Waals surface area (Å²) >= 11 is 0. The fourth-order valence-electron chi connectivity index (χ4n) is 7.98. The van der Waals surface area contributed by atoms with E-state index < -0.39 is 5.41 Å². The summed E-state index contributed by atoms with van der Waals surface area (Å²) < 4.78 is 6.48. The van der Waals surface area contributed by atoms with Gasteiger partial charge in [0.25, 0.3) is 0 Å². The lowest BCUT2D eigenvalue weighted by Gasteiger charge is -2.39. The second kappa shape index (κ2) is 11.7. The molecule has 5 nitrogen and oxygen atoms in total. The molecule has 10 rings (SSSR count). The van der Waals surface area contributed by atoms with Crippen LogP contribution in [-0.2, 0) is 5.41 Å². The zero-order valence-corrected chi connectivity index (χ0v) is 27.9. The molecule has 0 radical (unpaired) electrons. The van der Waals surface area contributed by atoms with Gasteiger partial charge in [-0.1, -0.05) is 146 Å². The Bertz CT molecular complexity index is 2610. The van der Waals surface area contributed by atoms with E-state index in [1.807, 2.05) is 97.1 Å². The van der Waals surface area contributed by atoms with Crippen LogP contribution in [0.15, 0.2) is 170 Å². The Kier molecular flexibility index (Phi) is 6.70. The van der Waals surface area contributed by atoms with Crippen molar-refractivity contribution in [3.05, 3.63) is 198 Å². The second-order valence-corrected chi connectivity index (χ2v) is 13.1. The highest BCUT2D eigenvalue weighted by molar-refractivity contribution is 5.93. The molecule has 2 aliphatic rings. The van der Waals surface area contributed by atoms with Crippen LogP contribution in [0.3, 0.4) is 0 Å². The summed E-state index contributed by atoms with van der Waals surface area (Å²) in [5.41, 5.74) is 11.3. The predicted octanol–water partition coefficient (Wildman–Crippen LogP) is 10.9. The number of hydrogen-bond acceptors (Lipinski definition) is 5. The first-order chi connectivity index (χ1) is 25.7. The summed E-state index contributed by atoms with van der Waals surface area (Å²) in [6, 6.07) is 60.2. The van der Waals surface area contributed by atoms with Gasteiger partial charge in [0.1, 0.15) is 11.5 Å². The first-order valence-electron chi connectivity index (χ1n) is 17.3. The molecule has 52 heavy (non-hydrogen) atoms. The molecule has 1 spiro atoms. The predicted molar refractivity (Wildman–Crippen MR) is 204 cm³/mol. The number of benzene rings is 7. The lowest BCUT2D eigenvalue weighted by molar-refractivity contribution is 0.436. The summed E-state index contributed by atoms with van der Waals surface area (Å²) in [6.45, 7) is 0. The molecule has 0 bridgehead atoms. The quantitative estimate of drug-likeness (QED) is 0.187. The summed E-state index contributed by atoms with van der Waals surface area (Å²) in [5.74, 6) is 3.52. The molecule has 7 aromatic carbocycles. The maximum Gasteiger partial charge on any atom is 0.164 e. The molecule has 2 heterocycles. The Balaban J connectivity index is 1.11. The number of para-hydroxylation sites is 2. The molecule has 0 saturated heterocycles. The van der Waals surface area contributed by atoms with E-state index in [4.69, 9.17) is 19.7 Å². The van der Waals surface area contributed by atoms with Gasteiger partial charge in [0.15, 0.2) is 17.5 Å². The minimum Gasteiger partial charge on any atom is -0.457 e. The third-order valence-corrected chi connectivity index (χ3v) is 10.3. The van der Waals surface area contributed by atoms with Gasteiger partial charge in [-0.05, 0) is 52.1 Å². The maximum absolute atomic E-state index is 10.4. The van der Waals surface area contributed by atoms with Crippen molar-refractivity contribution in [3.63, 3.8) is 0 Å². The molecule has 0 saturated carbocycles. The van der Waals surface area contributed by atoms with Crippen LogP contribution in [0.25, 0.3) is 56.4 Å². The Hall–Kier alpha value is -7.16. The molecule has 0 unspecified atom stereocenters. The van der Waals surface area contributed by atoms with E-state index in [2.05, 4.69) is 78.9 Å². The molecule has 1 aliphatic carbocycles. The Labute approximate surface area is 301 Å². The van der Waals surface area contributed by atoms with Crippen molar-refractivity contribution in [2.45, 2.75) is 5.41 Å². The van der Waals surface area contributed by atoms with E-state index in [0.717, 1.165) is 72.7 Å². The highest BCUT2D eigenvalue weighted by Crippen LogP contribution is 2.62. The molecule has 1 aromatic heterocycles. The van der Waals surface area contributed by atoms with Crippen molar-refractivity contribution in [2.24, 2.45) is 0 Å². The number of nitriles is 1. The molecule has 0 atom stereocenters. The summed E-state index contributed by atoms with van der Waals surface area (Å²) in [5, 5.41) is 10.4. The van der Waals surface area contributed by atoms with Crippen LogP contribution in [0.5, 0.6) is 11.5 Å². The average molecular weight is 665 g/mol. The van der Waals surface area contributed by atoms with E-state index in [1.54, 1.807) is 0 Å². The van der Waals surface area contributed by atoms with E-state index in [1.165, 1.54) is 0 Å². The largest absolute Gasteiger partial charge is 0.457 e. The number of hydrogen-bond donors (Lipinski definition) is 0. The van der Waals surface area contributed by atoms with Gasteiger partial charge < -0.3 is 4.74 Å². The van der Waals surface area contributed by atoms with E-state index in [9.17, 15) is 5.26 Å². The molecule has 1 aliphatic heterocycles. The van der Waals surface area contributed by atoms with Crippen LogP contribution in [0, 0.1) is 11.3 Å². The lowest BCUT2D eigenvalue weighted by atomic mass is 9.66. The normalized spacial score (nSPS) is 12.9. The lowest BCUT2D eigenvalue weighted by Crippen LogP contribution is -2.32. The number of nitrogens with zero attached hydrogens (tertiary/aromatic N) is 4. The zero-order valence-electron chi connectivity index (χ0n) is 27.9. The van der Waals surface area contributed by atoms with Crippen molar-refractivity contribution in [1.82, 2.24) is 15.0 Å². The standard InChI is InChI=1S/C47H28N4O/c48-29-35-16-11-19-40-43(35)36-28-34(26-27-37(36)47(40)38-17-7-9-20-41(38)52-42-21-10-8-18-39(42)47)30-22-24-33(25-23-30)46-50-44(31-12-3-1-4-13-31)49-45(51-46)32-14-5-2-6-15-32/h1-28H. The van der Waals surface area contributed by atoms with Gasteiger partial charge in [-0.15, -0.1) is 0 Å². The van der Waals surface area contributed by atoms with Gasteiger partial charge in [-0.25, -0.2) is 15.0 Å². The first kappa shape index (κ1) is 29.7. The zero-order chi connectivity index (χ0) is 34.6. The molecule has 0 N–H and O–H groups in total. The fourth-order valence-corrected chi connectivity index (χ4v) is 7.98. The van der Waals surface area contributed by atoms with Gasteiger partial charge in [0, 0.05) is 33.4 Å². The van der Waals surface area contributed by atoms with Crippen molar-refractivity contribution in [1.29, 1.82) is 5.26 Å². The van der Waals surface area contributed by atoms with Crippen molar-refractivity contribution in [3.8, 4) is 74.0 Å². The number of ether oxygens (including phenoxy) is 1. The van der Waals surface area contributed by atoms with Gasteiger partial charge in [0.05, 0.1) is 17.0 Å². The molecular formula is C47H28N4O. The molecule has 0 amide bonds. The van der Waals surface area contributed by atoms with Gasteiger partial charge in [-0.2, -0.15) is 5.26 Å². The van der Waals surface area contributed by atoms with Crippen LogP contribution in [0.4, 0.5) is 0 Å². The summed E-state index contributed by atoms with van der Waals surface area (Å²) in [6.07, 6.45) is 0. The molecular weight excluding hydrogens is 637 g/mol. The third-order valence-electron chi connectivity index (χ3n) is 10.3. The molecule has 0 fully saturated rings. The molecule has 8 aromatic rings. The maximum atomic E-state index is 10.4. The van der Waals surface area contributed by atoms with Gasteiger partial charge in [0.2, 0.25) is 0 Å². The Morgan fingerprint density at radius 2 is 0.904 bits per heavy atom. The van der Waals surface area contributed by atoms with Crippen LogP contribution in [0.2, 0.25) is 0 Å². The van der Waals surface area contributed by atoms with Crippen molar-refractivity contribution < 1.29 is 4.74 Å². The van der Waals surface area contributed by atoms with Gasteiger partial charge >= 0.3 is 0 Å². The number of rotatable bonds is 4. The number of fused-ring (bicyclic) bond motifs is 9. The average Bonchev–Trinajstić information content (AvgIpc) is 3.51. The minimum atomic E-state index is -0.628. The van der Waals surface area contributed by atoms with Crippen LogP contribution >= 0.6 is 0 Å². The van der Waals surface area contributed by atoms with Crippen molar-refractivity contribution in [2.75, 3.05) is 0 Å². The molecule has 5 heteroatoms. The van der Waals surface area contributed by atoms with E-state index >= 15 is 0 Å². The van der Waals surface area contributed by atoms with Gasteiger partial charge in [-0.3, -0.25) is 0 Å². The summed E-state index contributed by atoms with van der Waals surface area (Å²) in [4.78, 5) is 14.7. The van der Waals surface area contributed by atoms with E-state index in [0.29, 0.717) is 23.0 Å². The minimum absolute atomic E-state index is 0.611. The topological polar surface area (TPSA) is 71.7 Å². The number of aromatic nitrogens is 3. The Morgan fingerprint density at radius 3 is 1.48 bits per heavy atom. The van der Waals surface area contributed by atoms with Crippen LogP contribution in [-0.4, -0.2) is 15.0 Å². The molecule has 242 valence electrons. The smallest absolute Gasteiger partial charge is 0.164 e. The fraction of sp³-hybridized carbons (Fsp3) is 0.0213. The highest BCUT2D eigenvalue weighted by atomic mass is 16.5. The first-order valence-corrected chi connectivity index (χ1v) is 17.3. The van der Waals surface area contributed by atoms with Crippen LogP contribution in [0.1, 0.15) is 27.8 Å².